The number of hydrogen-bond acceptors (Lipinski definition) is 3. The Labute approximate surface area is 102 Å². The molecule has 0 aromatic heterocycles. The summed E-state index contributed by atoms with van der Waals surface area (Å²) in [7, 11) is 0. The maximum atomic E-state index is 10.5. The average Bonchev–Trinajstić information content (AvgIpc) is 2.25. The average molecular weight is 242 g/mol. The highest BCUT2D eigenvalue weighted by molar-refractivity contribution is 5.79. The lowest BCUT2D eigenvalue weighted by molar-refractivity contribution is -0.196. The lowest BCUT2D eigenvalue weighted by Crippen LogP contribution is -2.37. The molecule has 1 rings (SSSR count). The molecule has 0 aromatic rings. The zero-order valence-electron chi connectivity index (χ0n) is 10.1. The third-order valence-electron chi connectivity index (χ3n) is 3.37. The molecule has 0 amide bonds. The van der Waals surface area contributed by atoms with Crippen LogP contribution in [0.4, 0.5) is 0 Å². The Morgan fingerprint density at radius 1 is 1.06 bits per heavy atom. The summed E-state index contributed by atoms with van der Waals surface area (Å²) in [6.07, 6.45) is 9.50. The van der Waals surface area contributed by atoms with Crippen LogP contribution in [0, 0.1) is 5.92 Å². The Morgan fingerprint density at radius 2 is 1.65 bits per heavy atom. The number of rotatable bonds is 2. The van der Waals surface area contributed by atoms with E-state index in [9.17, 15) is 15.0 Å². The highest BCUT2D eigenvalue weighted by Crippen LogP contribution is 2.29. The van der Waals surface area contributed by atoms with Crippen molar-refractivity contribution in [1.29, 1.82) is 0 Å². The first-order chi connectivity index (χ1) is 8.02. The molecule has 1 aliphatic rings. The topological polar surface area (TPSA) is 77.8 Å². The Kier molecular flexibility index (Phi) is 5.65. The molecule has 0 heterocycles. The van der Waals surface area contributed by atoms with Gasteiger partial charge in [0.15, 0.2) is 5.79 Å². The Bertz CT molecular complexity index is 271. The van der Waals surface area contributed by atoms with Crippen molar-refractivity contribution in [2.45, 2.75) is 57.2 Å². The van der Waals surface area contributed by atoms with Crippen LogP contribution in [-0.4, -0.2) is 27.1 Å². The molecule has 0 radical (unpaired) electrons. The second-order valence-electron chi connectivity index (χ2n) is 4.84. The van der Waals surface area contributed by atoms with Crippen molar-refractivity contribution in [2.75, 3.05) is 0 Å². The third kappa shape index (κ3) is 5.33. The van der Waals surface area contributed by atoms with Gasteiger partial charge in [-0.2, -0.15) is 0 Å². The summed E-state index contributed by atoms with van der Waals surface area (Å²) in [5.41, 5.74) is 0. The maximum Gasteiger partial charge on any atom is 0.327 e. The molecule has 1 aliphatic carbocycles. The molecule has 0 bridgehead atoms. The molecule has 4 nitrogen and oxygen atoms in total. The van der Waals surface area contributed by atoms with Crippen LogP contribution in [0.3, 0.4) is 0 Å². The summed E-state index contributed by atoms with van der Waals surface area (Å²) in [5.74, 6) is -3.28. The molecule has 1 atom stereocenters. The van der Waals surface area contributed by atoms with Crippen LogP contribution in [0.15, 0.2) is 12.2 Å². The van der Waals surface area contributed by atoms with E-state index in [1.54, 1.807) is 0 Å². The molecule has 98 valence electrons. The highest BCUT2D eigenvalue weighted by Gasteiger charge is 2.32. The summed E-state index contributed by atoms with van der Waals surface area (Å²) in [5, 5.41) is 28.6. The van der Waals surface area contributed by atoms with Gasteiger partial charge in [0.1, 0.15) is 0 Å². The molecule has 0 aromatic carbocycles. The molecular weight excluding hydrogens is 220 g/mol. The lowest BCUT2D eigenvalue weighted by Gasteiger charge is -2.30. The van der Waals surface area contributed by atoms with Gasteiger partial charge in [-0.05, 0) is 12.8 Å². The van der Waals surface area contributed by atoms with E-state index in [4.69, 9.17) is 5.11 Å². The van der Waals surface area contributed by atoms with Crippen LogP contribution in [0.1, 0.15) is 51.4 Å². The standard InChI is InChI=1S/C13H22O4/c14-12(15)9-8-11-7-5-3-1-2-4-6-10-13(11,16)17/h8-9,11,16-17H,1-7,10H2,(H,14,15). The van der Waals surface area contributed by atoms with E-state index < -0.39 is 17.7 Å². The fourth-order valence-corrected chi connectivity index (χ4v) is 2.32. The quantitative estimate of drug-likeness (QED) is 0.511. The van der Waals surface area contributed by atoms with Crippen molar-refractivity contribution in [2.24, 2.45) is 5.92 Å². The Balaban J connectivity index is 2.67. The van der Waals surface area contributed by atoms with Gasteiger partial charge in [-0.3, -0.25) is 0 Å². The number of carbonyl (C=O) groups is 1. The first-order valence-electron chi connectivity index (χ1n) is 6.38. The van der Waals surface area contributed by atoms with Crippen molar-refractivity contribution in [3.05, 3.63) is 12.2 Å². The second-order valence-corrected chi connectivity index (χ2v) is 4.84. The molecule has 3 N–H and O–H groups in total. The van der Waals surface area contributed by atoms with Crippen LogP contribution in [-0.2, 0) is 4.79 Å². The van der Waals surface area contributed by atoms with E-state index in [0.717, 1.165) is 38.2 Å². The van der Waals surface area contributed by atoms with E-state index >= 15 is 0 Å². The molecule has 1 fully saturated rings. The van der Waals surface area contributed by atoms with E-state index in [2.05, 4.69) is 0 Å². The zero-order chi connectivity index (χ0) is 12.7. The fraction of sp³-hybridized carbons (Fsp3) is 0.769. The molecular formula is C13H22O4. The first-order valence-corrected chi connectivity index (χ1v) is 6.38. The molecule has 17 heavy (non-hydrogen) atoms. The Hall–Kier alpha value is -0.870. The minimum absolute atomic E-state index is 0.321. The minimum Gasteiger partial charge on any atom is -0.478 e. The summed E-state index contributed by atoms with van der Waals surface area (Å²) >= 11 is 0. The maximum absolute atomic E-state index is 10.5. The Morgan fingerprint density at radius 3 is 2.29 bits per heavy atom. The van der Waals surface area contributed by atoms with Crippen molar-refractivity contribution in [3.63, 3.8) is 0 Å². The third-order valence-corrected chi connectivity index (χ3v) is 3.37. The SMILES string of the molecule is O=C(O)C=CC1CCCCCCCCC1(O)O. The van der Waals surface area contributed by atoms with Gasteiger partial charge in [0.25, 0.3) is 0 Å². The van der Waals surface area contributed by atoms with Crippen molar-refractivity contribution in [1.82, 2.24) is 0 Å². The molecule has 0 aliphatic heterocycles. The monoisotopic (exact) mass is 242 g/mol. The number of aliphatic hydroxyl groups is 2. The predicted molar refractivity (Wildman–Crippen MR) is 64.4 cm³/mol. The van der Waals surface area contributed by atoms with Gasteiger partial charge in [0.2, 0.25) is 0 Å². The summed E-state index contributed by atoms with van der Waals surface area (Å²) < 4.78 is 0. The fourth-order valence-electron chi connectivity index (χ4n) is 2.32. The normalized spacial score (nSPS) is 26.8. The van der Waals surface area contributed by atoms with Gasteiger partial charge in [-0.1, -0.05) is 38.2 Å². The molecule has 4 heteroatoms. The molecule has 1 unspecified atom stereocenters. The van der Waals surface area contributed by atoms with Gasteiger partial charge in [-0.15, -0.1) is 0 Å². The predicted octanol–water partition coefficient (Wildman–Crippen LogP) is 2.06. The number of carboxylic acid groups (broad SMARTS) is 1. The van der Waals surface area contributed by atoms with Crippen LogP contribution in [0.2, 0.25) is 0 Å². The van der Waals surface area contributed by atoms with Gasteiger partial charge < -0.3 is 15.3 Å². The van der Waals surface area contributed by atoms with E-state index in [1.807, 2.05) is 0 Å². The molecule has 0 saturated heterocycles. The van der Waals surface area contributed by atoms with Crippen molar-refractivity contribution < 1.29 is 20.1 Å². The second kappa shape index (κ2) is 6.77. The van der Waals surface area contributed by atoms with E-state index in [1.165, 1.54) is 12.5 Å². The van der Waals surface area contributed by atoms with Crippen LogP contribution in [0.25, 0.3) is 0 Å². The minimum atomic E-state index is -1.76. The van der Waals surface area contributed by atoms with Crippen LogP contribution < -0.4 is 0 Å². The molecule has 1 saturated carbocycles. The summed E-state index contributed by atoms with van der Waals surface area (Å²) in [4.78, 5) is 10.5. The van der Waals surface area contributed by atoms with Gasteiger partial charge in [0, 0.05) is 18.4 Å². The van der Waals surface area contributed by atoms with Gasteiger partial charge in [-0.25, -0.2) is 4.79 Å². The number of aliphatic carboxylic acids is 1. The van der Waals surface area contributed by atoms with Crippen LogP contribution >= 0.6 is 0 Å². The summed E-state index contributed by atoms with van der Waals surface area (Å²) in [6, 6.07) is 0. The van der Waals surface area contributed by atoms with Crippen molar-refractivity contribution >= 4 is 5.97 Å². The van der Waals surface area contributed by atoms with Gasteiger partial charge >= 0.3 is 5.97 Å². The smallest absolute Gasteiger partial charge is 0.327 e. The zero-order valence-corrected chi connectivity index (χ0v) is 10.1. The lowest BCUT2D eigenvalue weighted by atomic mass is 9.86. The number of hydrogen-bond donors (Lipinski definition) is 3. The first kappa shape index (κ1) is 14.2. The largest absolute Gasteiger partial charge is 0.478 e. The van der Waals surface area contributed by atoms with Crippen molar-refractivity contribution in [3.8, 4) is 0 Å². The van der Waals surface area contributed by atoms with Crippen LogP contribution in [0.5, 0.6) is 0 Å². The summed E-state index contributed by atoms with van der Waals surface area (Å²) in [6.45, 7) is 0. The van der Waals surface area contributed by atoms with E-state index in [0.29, 0.717) is 12.8 Å². The highest BCUT2D eigenvalue weighted by atomic mass is 16.5. The van der Waals surface area contributed by atoms with Gasteiger partial charge in [0.05, 0.1) is 0 Å². The molecule has 0 spiro atoms. The van der Waals surface area contributed by atoms with E-state index in [-0.39, 0.29) is 0 Å². The number of carboxylic acids is 1.